The van der Waals surface area contributed by atoms with E-state index in [1.165, 1.54) is 0 Å². The predicted octanol–water partition coefficient (Wildman–Crippen LogP) is 2.39. The monoisotopic (exact) mass is 378 g/mol. The first-order valence-electron chi connectivity index (χ1n) is 9.21. The van der Waals surface area contributed by atoms with Crippen LogP contribution in [0, 0.1) is 24.2 Å². The third kappa shape index (κ3) is 3.67. The Bertz CT molecular complexity index is 944. The molecule has 0 unspecified atom stereocenters. The summed E-state index contributed by atoms with van der Waals surface area (Å²) in [5.41, 5.74) is 2.02. The van der Waals surface area contributed by atoms with Crippen LogP contribution in [-0.2, 0) is 6.42 Å². The minimum atomic E-state index is -1.06. The lowest BCUT2D eigenvalue weighted by molar-refractivity contribution is 0.0694. The minimum Gasteiger partial charge on any atom is -0.478 e. The van der Waals surface area contributed by atoms with Gasteiger partial charge in [0.05, 0.1) is 16.8 Å². The second-order valence-electron chi connectivity index (χ2n) is 6.87. The number of benzene rings is 1. The van der Waals surface area contributed by atoms with Crippen LogP contribution in [0.5, 0.6) is 0 Å². The molecule has 2 aromatic rings. The number of amides is 1. The summed E-state index contributed by atoms with van der Waals surface area (Å²) in [5, 5.41) is 22.0. The summed E-state index contributed by atoms with van der Waals surface area (Å²) in [6.07, 6.45) is 0.450. The van der Waals surface area contributed by atoms with Crippen LogP contribution in [0.1, 0.15) is 44.5 Å². The van der Waals surface area contributed by atoms with Gasteiger partial charge < -0.3 is 15.3 Å². The second-order valence-corrected chi connectivity index (χ2v) is 6.87. The quantitative estimate of drug-likeness (QED) is 0.799. The first kappa shape index (κ1) is 19.4. The molecule has 0 saturated carbocycles. The standard InChI is InChI=1S/C21H22N4O3/c1-3-16-17(9-22)19(24-13(2)18(16)21(27)28)25-11-14(12-25)10-23-20(26)15-7-5-4-6-8-15/h4-8,14H,3,10-12H2,1-2H3,(H,23,26)(H,27,28). The van der Waals surface area contributed by atoms with Gasteiger partial charge in [0.25, 0.3) is 5.91 Å². The Morgan fingerprint density at radius 1 is 1.32 bits per heavy atom. The molecule has 1 aromatic carbocycles. The number of nitrogens with one attached hydrogen (secondary N) is 1. The predicted molar refractivity (Wildman–Crippen MR) is 105 cm³/mol. The lowest BCUT2D eigenvalue weighted by atomic mass is 9.95. The molecule has 1 amide bonds. The van der Waals surface area contributed by atoms with E-state index in [2.05, 4.69) is 16.4 Å². The van der Waals surface area contributed by atoms with Crippen molar-refractivity contribution >= 4 is 17.7 Å². The lowest BCUT2D eigenvalue weighted by Gasteiger charge is -2.41. The number of nitrogens with zero attached hydrogens (tertiary/aromatic N) is 3. The average molecular weight is 378 g/mol. The zero-order chi connectivity index (χ0) is 20.3. The molecule has 1 aliphatic heterocycles. The largest absolute Gasteiger partial charge is 0.478 e. The number of carbonyl (C=O) groups is 2. The van der Waals surface area contributed by atoms with Crippen molar-refractivity contribution in [2.75, 3.05) is 24.5 Å². The van der Waals surface area contributed by atoms with Crippen LogP contribution in [0.4, 0.5) is 5.82 Å². The summed E-state index contributed by atoms with van der Waals surface area (Å²) < 4.78 is 0. The second kappa shape index (κ2) is 8.09. The van der Waals surface area contributed by atoms with Crippen LogP contribution in [0.3, 0.4) is 0 Å². The molecular weight excluding hydrogens is 356 g/mol. The number of aromatic carboxylic acids is 1. The molecule has 2 heterocycles. The van der Waals surface area contributed by atoms with E-state index in [4.69, 9.17) is 0 Å². The van der Waals surface area contributed by atoms with Crippen molar-refractivity contribution in [2.24, 2.45) is 5.92 Å². The van der Waals surface area contributed by atoms with E-state index in [9.17, 15) is 20.0 Å². The summed E-state index contributed by atoms with van der Waals surface area (Å²) in [6, 6.07) is 11.2. The third-order valence-electron chi connectivity index (χ3n) is 4.99. The molecule has 144 valence electrons. The van der Waals surface area contributed by atoms with Gasteiger partial charge in [-0.1, -0.05) is 25.1 Å². The highest BCUT2D eigenvalue weighted by Crippen LogP contribution is 2.31. The zero-order valence-electron chi connectivity index (χ0n) is 15.9. The summed E-state index contributed by atoms with van der Waals surface area (Å²) in [6.45, 7) is 5.35. The van der Waals surface area contributed by atoms with E-state index in [0.717, 1.165) is 0 Å². The number of aromatic nitrogens is 1. The Hall–Kier alpha value is -3.40. The van der Waals surface area contributed by atoms with Crippen LogP contribution < -0.4 is 10.2 Å². The summed E-state index contributed by atoms with van der Waals surface area (Å²) in [5.74, 6) is -0.377. The van der Waals surface area contributed by atoms with Gasteiger partial charge in [0, 0.05) is 31.1 Å². The Morgan fingerprint density at radius 2 is 2.00 bits per heavy atom. The third-order valence-corrected chi connectivity index (χ3v) is 4.99. The van der Waals surface area contributed by atoms with Crippen molar-refractivity contribution in [3.8, 4) is 6.07 Å². The summed E-state index contributed by atoms with van der Waals surface area (Å²) >= 11 is 0. The van der Waals surface area contributed by atoms with Crippen LogP contribution in [0.25, 0.3) is 0 Å². The van der Waals surface area contributed by atoms with Gasteiger partial charge in [-0.15, -0.1) is 0 Å². The first-order chi connectivity index (χ1) is 13.5. The number of nitriles is 1. The molecule has 0 radical (unpaired) electrons. The fraction of sp³-hybridized carbons (Fsp3) is 0.333. The van der Waals surface area contributed by atoms with Crippen molar-refractivity contribution in [3.05, 3.63) is 58.3 Å². The molecule has 2 N–H and O–H groups in total. The number of aryl methyl sites for hydroxylation is 1. The van der Waals surface area contributed by atoms with Gasteiger partial charge in [-0.05, 0) is 31.0 Å². The topological polar surface area (TPSA) is 106 Å². The number of carboxylic acid groups (broad SMARTS) is 1. The fourth-order valence-corrected chi connectivity index (χ4v) is 3.53. The van der Waals surface area contributed by atoms with E-state index in [0.29, 0.717) is 54.3 Å². The van der Waals surface area contributed by atoms with Gasteiger partial charge in [0.1, 0.15) is 11.9 Å². The molecule has 0 spiro atoms. The number of hydrogen-bond donors (Lipinski definition) is 2. The molecule has 1 saturated heterocycles. The number of carbonyl (C=O) groups excluding carboxylic acids is 1. The maximum Gasteiger partial charge on any atom is 0.337 e. The number of rotatable bonds is 6. The molecule has 1 aromatic heterocycles. The molecule has 1 aliphatic rings. The van der Waals surface area contributed by atoms with Crippen LogP contribution in [0.2, 0.25) is 0 Å². The highest BCUT2D eigenvalue weighted by molar-refractivity contribution is 5.94. The van der Waals surface area contributed by atoms with Crippen molar-refractivity contribution in [1.29, 1.82) is 5.26 Å². The number of carboxylic acids is 1. The SMILES string of the molecule is CCc1c(C#N)c(N2CC(CNC(=O)c3ccccc3)C2)nc(C)c1C(=O)O. The molecule has 0 atom stereocenters. The van der Waals surface area contributed by atoms with E-state index in [1.54, 1.807) is 19.1 Å². The van der Waals surface area contributed by atoms with Crippen molar-refractivity contribution in [3.63, 3.8) is 0 Å². The van der Waals surface area contributed by atoms with Crippen molar-refractivity contribution in [2.45, 2.75) is 20.3 Å². The Morgan fingerprint density at radius 3 is 2.57 bits per heavy atom. The van der Waals surface area contributed by atoms with Gasteiger partial charge in [0.15, 0.2) is 0 Å². The van der Waals surface area contributed by atoms with Gasteiger partial charge in [0.2, 0.25) is 0 Å². The van der Waals surface area contributed by atoms with Crippen molar-refractivity contribution < 1.29 is 14.7 Å². The van der Waals surface area contributed by atoms with E-state index in [-0.39, 0.29) is 17.4 Å². The molecule has 7 heteroatoms. The van der Waals surface area contributed by atoms with Gasteiger partial charge >= 0.3 is 5.97 Å². The number of pyridine rings is 1. The molecule has 28 heavy (non-hydrogen) atoms. The maximum atomic E-state index is 12.1. The molecule has 0 bridgehead atoms. The van der Waals surface area contributed by atoms with E-state index >= 15 is 0 Å². The van der Waals surface area contributed by atoms with E-state index < -0.39 is 5.97 Å². The number of anilines is 1. The van der Waals surface area contributed by atoms with Crippen LogP contribution >= 0.6 is 0 Å². The molecule has 1 fully saturated rings. The smallest absolute Gasteiger partial charge is 0.337 e. The Kier molecular flexibility index (Phi) is 5.59. The van der Waals surface area contributed by atoms with Gasteiger partial charge in [-0.2, -0.15) is 5.26 Å². The summed E-state index contributed by atoms with van der Waals surface area (Å²) in [7, 11) is 0. The highest BCUT2D eigenvalue weighted by Gasteiger charge is 2.32. The Labute approximate surface area is 163 Å². The van der Waals surface area contributed by atoms with Crippen molar-refractivity contribution in [1.82, 2.24) is 10.3 Å². The van der Waals surface area contributed by atoms with Gasteiger partial charge in [-0.25, -0.2) is 9.78 Å². The summed E-state index contributed by atoms with van der Waals surface area (Å²) in [4.78, 5) is 30.1. The molecular formula is C21H22N4O3. The van der Waals surface area contributed by atoms with E-state index in [1.807, 2.05) is 30.0 Å². The minimum absolute atomic E-state index is 0.107. The first-order valence-corrected chi connectivity index (χ1v) is 9.21. The average Bonchev–Trinajstić information content (AvgIpc) is 2.66. The molecule has 0 aliphatic carbocycles. The molecule has 7 nitrogen and oxygen atoms in total. The van der Waals surface area contributed by atoms with Crippen LogP contribution in [0.15, 0.2) is 30.3 Å². The molecule has 3 rings (SSSR count). The van der Waals surface area contributed by atoms with Gasteiger partial charge in [-0.3, -0.25) is 4.79 Å². The lowest BCUT2D eigenvalue weighted by Crippen LogP contribution is -2.52. The maximum absolute atomic E-state index is 12.1. The fourth-order valence-electron chi connectivity index (χ4n) is 3.53. The zero-order valence-corrected chi connectivity index (χ0v) is 15.9. The Balaban J connectivity index is 1.69. The van der Waals surface area contributed by atoms with Crippen LogP contribution in [-0.4, -0.2) is 41.6 Å². The number of hydrogen-bond acceptors (Lipinski definition) is 5. The normalized spacial score (nSPS) is 13.5. The highest BCUT2D eigenvalue weighted by atomic mass is 16.4.